The summed E-state index contributed by atoms with van der Waals surface area (Å²) in [5, 5.41) is 4.45. The highest BCUT2D eigenvalue weighted by Gasteiger charge is 2.36. The van der Waals surface area contributed by atoms with Gasteiger partial charge in [-0.25, -0.2) is 0 Å². The molecule has 3 rings (SSSR count). The molecule has 0 aliphatic carbocycles. The zero-order valence-corrected chi connectivity index (χ0v) is 13.6. The lowest BCUT2D eigenvalue weighted by Crippen LogP contribution is -2.33. The molecular weight excluding hydrogens is 286 g/mol. The highest BCUT2D eigenvalue weighted by atomic mass is 35.5. The van der Waals surface area contributed by atoms with Crippen LogP contribution in [0.3, 0.4) is 0 Å². The van der Waals surface area contributed by atoms with Crippen molar-refractivity contribution < 1.29 is 9.47 Å². The number of benzene rings is 1. The number of hydrogen-bond acceptors (Lipinski definition) is 3. The number of fused-ring (bicyclic) bond motifs is 1. The van der Waals surface area contributed by atoms with E-state index in [1.54, 1.807) is 0 Å². The molecule has 21 heavy (non-hydrogen) atoms. The fourth-order valence-electron chi connectivity index (χ4n) is 3.71. The molecule has 3 atom stereocenters. The Balaban J connectivity index is 1.98. The second-order valence-electron chi connectivity index (χ2n) is 5.89. The van der Waals surface area contributed by atoms with Crippen LogP contribution in [0.2, 0.25) is 5.02 Å². The van der Waals surface area contributed by atoms with Crippen molar-refractivity contribution in [2.45, 2.75) is 45.3 Å². The molecule has 0 amide bonds. The van der Waals surface area contributed by atoms with Crippen molar-refractivity contribution in [3.05, 3.63) is 28.3 Å². The molecule has 2 heterocycles. The van der Waals surface area contributed by atoms with Crippen molar-refractivity contribution in [2.24, 2.45) is 5.92 Å². The third kappa shape index (κ3) is 2.92. The van der Waals surface area contributed by atoms with Gasteiger partial charge in [0.1, 0.15) is 5.75 Å². The molecule has 0 aromatic heterocycles. The largest absolute Gasteiger partial charge is 0.493 e. The summed E-state index contributed by atoms with van der Waals surface area (Å²) in [6.45, 7) is 6.90. The van der Waals surface area contributed by atoms with E-state index in [1.807, 2.05) is 6.07 Å². The maximum atomic E-state index is 6.34. The number of hydrogen-bond donors (Lipinski definition) is 1. The lowest BCUT2D eigenvalue weighted by molar-refractivity contribution is 0.0773. The predicted octanol–water partition coefficient (Wildman–Crippen LogP) is 3.74. The normalized spacial score (nSPS) is 25.7. The second kappa shape index (κ2) is 6.55. The van der Waals surface area contributed by atoms with Crippen LogP contribution >= 0.6 is 11.6 Å². The third-order valence-corrected chi connectivity index (χ3v) is 4.85. The summed E-state index contributed by atoms with van der Waals surface area (Å²) in [5.41, 5.74) is 2.46. The Morgan fingerprint density at radius 3 is 2.95 bits per heavy atom. The second-order valence-corrected chi connectivity index (χ2v) is 6.32. The van der Waals surface area contributed by atoms with E-state index in [1.165, 1.54) is 11.1 Å². The molecule has 0 bridgehead atoms. The van der Waals surface area contributed by atoms with E-state index in [-0.39, 0.29) is 6.04 Å². The van der Waals surface area contributed by atoms with Crippen LogP contribution in [0.15, 0.2) is 12.1 Å². The van der Waals surface area contributed by atoms with E-state index in [0.717, 1.165) is 49.8 Å². The highest BCUT2D eigenvalue weighted by Crippen LogP contribution is 2.42. The molecule has 3 nitrogen and oxygen atoms in total. The van der Waals surface area contributed by atoms with Crippen LogP contribution in [-0.2, 0) is 11.2 Å². The molecule has 4 heteroatoms. The first-order valence-electron chi connectivity index (χ1n) is 8.04. The predicted molar refractivity (Wildman–Crippen MR) is 85.2 cm³/mol. The molecule has 1 N–H and O–H groups in total. The van der Waals surface area contributed by atoms with Gasteiger partial charge >= 0.3 is 0 Å². The number of rotatable bonds is 5. The summed E-state index contributed by atoms with van der Waals surface area (Å²) in [4.78, 5) is 0. The average Bonchev–Trinajstić information content (AvgIpc) is 3.12. The van der Waals surface area contributed by atoms with Crippen LogP contribution < -0.4 is 10.1 Å². The van der Waals surface area contributed by atoms with Crippen LogP contribution in [0.25, 0.3) is 0 Å². The van der Waals surface area contributed by atoms with Crippen LogP contribution in [0.4, 0.5) is 0 Å². The Morgan fingerprint density at radius 1 is 1.33 bits per heavy atom. The molecule has 2 aliphatic rings. The minimum Gasteiger partial charge on any atom is -0.493 e. The van der Waals surface area contributed by atoms with Gasteiger partial charge in [0.25, 0.3) is 0 Å². The summed E-state index contributed by atoms with van der Waals surface area (Å²) in [6.07, 6.45) is 3.43. The van der Waals surface area contributed by atoms with E-state index >= 15 is 0 Å². The quantitative estimate of drug-likeness (QED) is 0.899. The van der Waals surface area contributed by atoms with E-state index in [2.05, 4.69) is 25.2 Å². The molecule has 116 valence electrons. The fourth-order valence-corrected chi connectivity index (χ4v) is 3.96. The van der Waals surface area contributed by atoms with Gasteiger partial charge < -0.3 is 14.8 Å². The highest BCUT2D eigenvalue weighted by molar-refractivity contribution is 6.30. The Hall–Kier alpha value is -0.770. The first kappa shape index (κ1) is 15.1. The first-order valence-corrected chi connectivity index (χ1v) is 8.42. The Bertz CT molecular complexity index is 506. The van der Waals surface area contributed by atoms with Crippen LogP contribution in [0.5, 0.6) is 5.75 Å². The standard InChI is InChI=1S/C17H24ClNO2/c1-3-15-13(6-8-20-15)16(19-4-2)14-10-12(18)9-11-5-7-21-17(11)14/h9-10,13,15-16,19H,3-8H2,1-2H3. The third-order valence-electron chi connectivity index (χ3n) is 4.63. The monoisotopic (exact) mass is 309 g/mol. The zero-order chi connectivity index (χ0) is 14.8. The zero-order valence-electron chi connectivity index (χ0n) is 12.8. The summed E-state index contributed by atoms with van der Waals surface area (Å²) >= 11 is 6.34. The number of halogens is 1. The van der Waals surface area contributed by atoms with Crippen molar-refractivity contribution >= 4 is 11.6 Å². The Kier molecular flexibility index (Phi) is 4.72. The molecule has 3 unspecified atom stereocenters. The maximum Gasteiger partial charge on any atom is 0.127 e. The number of nitrogens with one attached hydrogen (secondary N) is 1. The van der Waals surface area contributed by atoms with Crippen molar-refractivity contribution in [3.8, 4) is 5.75 Å². The van der Waals surface area contributed by atoms with E-state index < -0.39 is 0 Å². The van der Waals surface area contributed by atoms with E-state index in [0.29, 0.717) is 12.0 Å². The van der Waals surface area contributed by atoms with Gasteiger partial charge in [0.05, 0.1) is 12.7 Å². The Morgan fingerprint density at radius 2 is 2.19 bits per heavy atom. The lowest BCUT2D eigenvalue weighted by Gasteiger charge is -2.29. The number of ether oxygens (including phenoxy) is 2. The maximum absolute atomic E-state index is 6.34. The van der Waals surface area contributed by atoms with Crippen LogP contribution in [-0.4, -0.2) is 25.9 Å². The van der Waals surface area contributed by atoms with Gasteiger partial charge in [-0.2, -0.15) is 0 Å². The first-order chi connectivity index (χ1) is 10.2. The molecule has 0 saturated carbocycles. The summed E-state index contributed by atoms with van der Waals surface area (Å²) in [6, 6.07) is 4.37. The topological polar surface area (TPSA) is 30.5 Å². The summed E-state index contributed by atoms with van der Waals surface area (Å²) in [5.74, 6) is 1.54. The molecular formula is C17H24ClNO2. The van der Waals surface area contributed by atoms with E-state index in [4.69, 9.17) is 21.1 Å². The minimum atomic E-state index is 0.257. The van der Waals surface area contributed by atoms with Gasteiger partial charge in [-0.05, 0) is 37.1 Å². The van der Waals surface area contributed by atoms with Crippen molar-refractivity contribution in [1.29, 1.82) is 0 Å². The van der Waals surface area contributed by atoms with Gasteiger partial charge in [0.15, 0.2) is 0 Å². The molecule has 1 fully saturated rings. The van der Waals surface area contributed by atoms with Crippen molar-refractivity contribution in [3.63, 3.8) is 0 Å². The Labute approximate surface area is 132 Å². The molecule has 2 aliphatic heterocycles. The van der Waals surface area contributed by atoms with Gasteiger partial charge in [0.2, 0.25) is 0 Å². The molecule has 1 aromatic carbocycles. The van der Waals surface area contributed by atoms with E-state index in [9.17, 15) is 0 Å². The van der Waals surface area contributed by atoms with Crippen LogP contribution in [0, 0.1) is 5.92 Å². The van der Waals surface area contributed by atoms with Gasteiger partial charge in [-0.15, -0.1) is 0 Å². The van der Waals surface area contributed by atoms with Gasteiger partial charge in [-0.1, -0.05) is 25.4 Å². The lowest BCUT2D eigenvalue weighted by atomic mass is 9.85. The molecule has 1 aromatic rings. The summed E-state index contributed by atoms with van der Waals surface area (Å²) in [7, 11) is 0. The SMILES string of the molecule is CCNC(c1cc(Cl)cc2c1OCC2)C1CCOC1CC. The van der Waals surface area contributed by atoms with Crippen molar-refractivity contribution in [1.82, 2.24) is 5.32 Å². The van der Waals surface area contributed by atoms with Gasteiger partial charge in [-0.3, -0.25) is 0 Å². The smallest absolute Gasteiger partial charge is 0.127 e. The minimum absolute atomic E-state index is 0.257. The van der Waals surface area contributed by atoms with Crippen molar-refractivity contribution in [2.75, 3.05) is 19.8 Å². The molecule has 0 radical (unpaired) electrons. The molecule has 0 spiro atoms. The van der Waals surface area contributed by atoms with Crippen LogP contribution in [0.1, 0.15) is 43.9 Å². The molecule has 1 saturated heterocycles. The average molecular weight is 310 g/mol. The fraction of sp³-hybridized carbons (Fsp3) is 0.647. The van der Waals surface area contributed by atoms with Gasteiger partial charge in [0, 0.05) is 35.6 Å². The summed E-state index contributed by atoms with van der Waals surface area (Å²) < 4.78 is 11.8.